The molecule has 3 N–H and O–H groups in total. The molecular formula is C32H35ClO6S. The SMILES string of the molecule is CCOc1ccc(Cc2cc([C@@H]3O[C@H](CSc4ccc(CC(=O)C5CC5)cc4)[C@@H](O)[C@H](O)[C@H]3O)ccc2Cl)cc1. The van der Waals surface area contributed by atoms with Crippen LogP contribution in [0.15, 0.2) is 71.6 Å². The van der Waals surface area contributed by atoms with E-state index in [0.29, 0.717) is 41.6 Å². The third kappa shape index (κ3) is 7.08. The third-order valence-electron chi connectivity index (χ3n) is 7.49. The Balaban J connectivity index is 1.25. The molecular weight excluding hydrogens is 548 g/mol. The minimum atomic E-state index is -1.36. The van der Waals surface area contributed by atoms with Gasteiger partial charge in [0.1, 0.15) is 35.9 Å². The van der Waals surface area contributed by atoms with Gasteiger partial charge >= 0.3 is 0 Å². The van der Waals surface area contributed by atoms with Crippen LogP contribution < -0.4 is 4.74 Å². The summed E-state index contributed by atoms with van der Waals surface area (Å²) in [7, 11) is 0. The molecule has 0 amide bonds. The Morgan fingerprint density at radius 1 is 0.950 bits per heavy atom. The van der Waals surface area contributed by atoms with Crippen molar-refractivity contribution in [1.82, 2.24) is 0 Å². The number of hydrogen-bond acceptors (Lipinski definition) is 7. The normalized spacial score (nSPS) is 24.6. The number of thioether (sulfide) groups is 1. The van der Waals surface area contributed by atoms with Crippen LogP contribution in [-0.4, -0.2) is 57.9 Å². The molecule has 1 saturated heterocycles. The Labute approximate surface area is 244 Å². The van der Waals surface area contributed by atoms with E-state index in [1.807, 2.05) is 61.5 Å². The average Bonchev–Trinajstić information content (AvgIpc) is 3.81. The van der Waals surface area contributed by atoms with Crippen LogP contribution in [0.1, 0.15) is 48.1 Å². The molecule has 40 heavy (non-hydrogen) atoms. The van der Waals surface area contributed by atoms with Crippen molar-refractivity contribution in [2.75, 3.05) is 12.4 Å². The van der Waals surface area contributed by atoms with Gasteiger partial charge in [-0.3, -0.25) is 4.79 Å². The highest BCUT2D eigenvalue weighted by molar-refractivity contribution is 7.99. The number of carbonyl (C=O) groups excluding carboxylic acids is 1. The first-order valence-electron chi connectivity index (χ1n) is 13.8. The van der Waals surface area contributed by atoms with Crippen molar-refractivity contribution in [2.24, 2.45) is 5.92 Å². The van der Waals surface area contributed by atoms with E-state index in [4.69, 9.17) is 21.1 Å². The van der Waals surface area contributed by atoms with Gasteiger partial charge in [-0.2, -0.15) is 0 Å². The van der Waals surface area contributed by atoms with Gasteiger partial charge in [-0.15, -0.1) is 11.8 Å². The number of aliphatic hydroxyl groups excluding tert-OH is 3. The molecule has 5 atom stereocenters. The van der Waals surface area contributed by atoms with Crippen LogP contribution in [-0.2, 0) is 22.4 Å². The van der Waals surface area contributed by atoms with Crippen molar-refractivity contribution < 1.29 is 29.6 Å². The highest BCUT2D eigenvalue weighted by Gasteiger charge is 2.44. The Hall–Kier alpha value is -2.39. The second-order valence-corrected chi connectivity index (χ2v) is 12.0. The fourth-order valence-corrected chi connectivity index (χ4v) is 6.14. The van der Waals surface area contributed by atoms with E-state index in [9.17, 15) is 20.1 Å². The van der Waals surface area contributed by atoms with E-state index in [1.54, 1.807) is 12.1 Å². The monoisotopic (exact) mass is 582 g/mol. The molecule has 2 aliphatic rings. The maximum absolute atomic E-state index is 12.1. The van der Waals surface area contributed by atoms with Crippen molar-refractivity contribution in [2.45, 2.75) is 68.0 Å². The van der Waals surface area contributed by atoms with Crippen LogP contribution in [0.3, 0.4) is 0 Å². The molecule has 0 aromatic heterocycles. The maximum Gasteiger partial charge on any atom is 0.140 e. The number of halogens is 1. The molecule has 2 fully saturated rings. The lowest BCUT2D eigenvalue weighted by molar-refractivity contribution is -0.218. The first kappa shape index (κ1) is 29.1. The molecule has 212 valence electrons. The van der Waals surface area contributed by atoms with E-state index in [-0.39, 0.29) is 5.92 Å². The molecule has 0 radical (unpaired) electrons. The quantitative estimate of drug-likeness (QED) is 0.269. The molecule has 1 aliphatic carbocycles. The molecule has 5 rings (SSSR count). The highest BCUT2D eigenvalue weighted by atomic mass is 35.5. The van der Waals surface area contributed by atoms with Crippen molar-refractivity contribution in [3.63, 3.8) is 0 Å². The summed E-state index contributed by atoms with van der Waals surface area (Å²) in [5.41, 5.74) is 3.60. The Kier molecular flexibility index (Phi) is 9.51. The molecule has 3 aromatic rings. The van der Waals surface area contributed by atoms with Gasteiger partial charge in [-0.05, 0) is 78.8 Å². The number of ketones is 1. The van der Waals surface area contributed by atoms with Gasteiger partial charge in [0.2, 0.25) is 0 Å². The van der Waals surface area contributed by atoms with Gasteiger partial charge in [0.05, 0.1) is 12.7 Å². The summed E-state index contributed by atoms with van der Waals surface area (Å²) in [4.78, 5) is 13.1. The largest absolute Gasteiger partial charge is 0.494 e. The topological polar surface area (TPSA) is 96.2 Å². The van der Waals surface area contributed by atoms with Crippen LogP contribution in [0.2, 0.25) is 5.02 Å². The van der Waals surface area contributed by atoms with Crippen molar-refractivity contribution in [3.05, 3.63) is 94.0 Å². The van der Waals surface area contributed by atoms with Gasteiger partial charge in [0.25, 0.3) is 0 Å². The molecule has 8 heteroatoms. The Morgan fingerprint density at radius 3 is 2.33 bits per heavy atom. The Bertz CT molecular complexity index is 1290. The summed E-state index contributed by atoms with van der Waals surface area (Å²) >= 11 is 8.01. The zero-order valence-electron chi connectivity index (χ0n) is 22.4. The summed E-state index contributed by atoms with van der Waals surface area (Å²) in [5.74, 6) is 1.75. The second kappa shape index (κ2) is 13.1. The number of rotatable bonds is 11. The summed E-state index contributed by atoms with van der Waals surface area (Å²) < 4.78 is 11.7. The van der Waals surface area contributed by atoms with Crippen LogP contribution in [0, 0.1) is 5.92 Å². The summed E-state index contributed by atoms with van der Waals surface area (Å²) in [6.07, 6.45) is -2.33. The average molecular weight is 583 g/mol. The van der Waals surface area contributed by atoms with Gasteiger partial charge < -0.3 is 24.8 Å². The third-order valence-corrected chi connectivity index (χ3v) is 8.96. The van der Waals surface area contributed by atoms with E-state index in [1.165, 1.54) is 11.8 Å². The fourth-order valence-electron chi connectivity index (χ4n) is 4.99. The molecule has 0 bridgehead atoms. The minimum Gasteiger partial charge on any atom is -0.494 e. The lowest BCUT2D eigenvalue weighted by atomic mass is 9.90. The van der Waals surface area contributed by atoms with Crippen molar-refractivity contribution >= 4 is 29.1 Å². The summed E-state index contributed by atoms with van der Waals surface area (Å²) in [6, 6.07) is 21.1. The van der Waals surface area contributed by atoms with Gasteiger partial charge in [0, 0.05) is 28.0 Å². The highest BCUT2D eigenvalue weighted by Crippen LogP contribution is 2.36. The molecule has 0 spiro atoms. The van der Waals surface area contributed by atoms with E-state index < -0.39 is 30.5 Å². The predicted molar refractivity (Wildman–Crippen MR) is 156 cm³/mol. The second-order valence-electron chi connectivity index (χ2n) is 10.5. The van der Waals surface area contributed by atoms with Crippen LogP contribution in [0.5, 0.6) is 5.75 Å². The van der Waals surface area contributed by atoms with Crippen LogP contribution >= 0.6 is 23.4 Å². The van der Waals surface area contributed by atoms with Gasteiger partial charge in [0.15, 0.2) is 0 Å². The molecule has 1 saturated carbocycles. The zero-order valence-corrected chi connectivity index (χ0v) is 24.0. The number of benzene rings is 3. The van der Waals surface area contributed by atoms with Crippen molar-refractivity contribution in [1.29, 1.82) is 0 Å². The summed E-state index contributed by atoms with van der Waals surface area (Å²) in [5, 5.41) is 32.8. The van der Waals surface area contributed by atoms with E-state index in [2.05, 4.69) is 0 Å². The molecule has 6 nitrogen and oxygen atoms in total. The fraction of sp³-hybridized carbons (Fsp3) is 0.406. The summed E-state index contributed by atoms with van der Waals surface area (Å²) in [6.45, 7) is 2.55. The zero-order chi connectivity index (χ0) is 28.2. The minimum absolute atomic E-state index is 0.248. The standard InChI is InChI=1S/C32H35ClO6S/c1-2-38-24-10-3-19(4-11-24)15-23-17-22(9-14-26(23)33)32-31(37)30(36)29(35)28(39-32)18-40-25-12-5-20(6-13-25)16-27(34)21-7-8-21/h3-6,9-14,17,21,28-32,35-37H,2,7-8,15-16,18H2,1H3/t28-,29-,30+,31-,32+/m1/s1. The van der Waals surface area contributed by atoms with Crippen LogP contribution in [0.25, 0.3) is 0 Å². The van der Waals surface area contributed by atoms with Crippen LogP contribution in [0.4, 0.5) is 0 Å². The number of Topliss-reactive ketones (excluding diaryl/α,β-unsaturated/α-hetero) is 1. The van der Waals surface area contributed by atoms with E-state index in [0.717, 1.165) is 40.2 Å². The molecule has 3 aromatic carbocycles. The first-order chi connectivity index (χ1) is 19.3. The molecule has 1 heterocycles. The predicted octanol–water partition coefficient (Wildman–Crippen LogP) is 5.17. The lowest BCUT2D eigenvalue weighted by Gasteiger charge is -2.41. The van der Waals surface area contributed by atoms with Crippen molar-refractivity contribution in [3.8, 4) is 5.75 Å². The van der Waals surface area contributed by atoms with Gasteiger partial charge in [-0.1, -0.05) is 48.0 Å². The number of ether oxygens (including phenoxy) is 2. The Morgan fingerprint density at radius 2 is 1.65 bits per heavy atom. The smallest absolute Gasteiger partial charge is 0.140 e. The lowest BCUT2D eigenvalue weighted by Crippen LogP contribution is -2.54. The molecule has 0 unspecified atom stereocenters. The van der Waals surface area contributed by atoms with Gasteiger partial charge in [-0.25, -0.2) is 0 Å². The number of hydrogen-bond donors (Lipinski definition) is 3. The first-order valence-corrected chi connectivity index (χ1v) is 15.1. The number of aliphatic hydroxyl groups is 3. The maximum atomic E-state index is 12.1. The number of carbonyl (C=O) groups is 1. The van der Waals surface area contributed by atoms with E-state index >= 15 is 0 Å². The molecule has 1 aliphatic heterocycles.